The van der Waals surface area contributed by atoms with Gasteiger partial charge in [-0.1, -0.05) is 90.0 Å². The van der Waals surface area contributed by atoms with Crippen LogP contribution in [0.1, 0.15) is 22.5 Å². The molecule has 0 unspecified atom stereocenters. The van der Waals surface area contributed by atoms with Crippen LogP contribution in [0.5, 0.6) is 5.75 Å². The molecule has 0 aliphatic heterocycles. The van der Waals surface area contributed by atoms with Crippen LogP contribution in [0.4, 0.5) is 0 Å². The van der Waals surface area contributed by atoms with Crippen LogP contribution >= 0.6 is 0 Å². The third-order valence-corrected chi connectivity index (χ3v) is 8.14. The van der Waals surface area contributed by atoms with Gasteiger partial charge in [0, 0.05) is 22.3 Å². The van der Waals surface area contributed by atoms with E-state index in [1.54, 1.807) is 67.6 Å². The van der Waals surface area contributed by atoms with Crippen molar-refractivity contribution in [1.29, 1.82) is 0 Å². The van der Waals surface area contributed by atoms with Crippen LogP contribution < -0.4 is 34.7 Å². The van der Waals surface area contributed by atoms with E-state index < -0.39 is 16.0 Å². The fourth-order valence-corrected chi connectivity index (χ4v) is 6.01. The molecule has 0 amide bonds. The molecule has 7 nitrogen and oxygen atoms in total. The number of phenols is 1. The van der Waals surface area contributed by atoms with Gasteiger partial charge < -0.3 is 15.0 Å². The zero-order valence-corrected chi connectivity index (χ0v) is 25.6. The average Bonchev–Trinajstić information content (AvgIpc) is 3.36. The van der Waals surface area contributed by atoms with Crippen LogP contribution in [-0.2, 0) is 14.8 Å². The second kappa shape index (κ2) is 12.3. The number of rotatable bonds is 7. The molecule has 0 radical (unpaired) electrons. The van der Waals surface area contributed by atoms with Crippen molar-refractivity contribution in [3.05, 3.63) is 132 Å². The number of imidazole rings is 1. The Morgan fingerprint density at radius 2 is 1.39 bits per heavy atom. The fourth-order valence-electron chi connectivity index (χ4n) is 4.52. The van der Waals surface area contributed by atoms with Gasteiger partial charge in [-0.05, 0) is 44.2 Å². The molecule has 0 atom stereocenters. The Kier molecular flexibility index (Phi) is 8.99. The first-order chi connectivity index (χ1) is 19.2. The van der Waals surface area contributed by atoms with Gasteiger partial charge in [-0.3, -0.25) is 0 Å². The molecule has 0 aliphatic rings. The molecule has 4 aromatic carbocycles. The molecule has 5 aromatic rings. The first kappa shape index (κ1) is 30.0. The normalized spacial score (nSPS) is 11.6. The number of carboxylic acids is 1. The van der Waals surface area contributed by atoms with Crippen molar-refractivity contribution in [3.8, 4) is 28.3 Å². The number of hydrogen-bond acceptors (Lipinski definition) is 6. The van der Waals surface area contributed by atoms with Crippen molar-refractivity contribution in [2.75, 3.05) is 0 Å². The van der Waals surface area contributed by atoms with Crippen LogP contribution in [0, 0.1) is 13.8 Å². The minimum Gasteiger partial charge on any atom is -0.545 e. The van der Waals surface area contributed by atoms with E-state index in [9.17, 15) is 23.4 Å². The number of carbonyl (C=O) groups excluding carboxylic acids is 1. The quantitative estimate of drug-likeness (QED) is 0.236. The molecule has 5 rings (SSSR count). The Hall–Kier alpha value is -3.95. The van der Waals surface area contributed by atoms with E-state index in [4.69, 9.17) is 4.98 Å². The number of aliphatic carboxylic acids is 1. The van der Waals surface area contributed by atoms with Crippen molar-refractivity contribution < 1.29 is 53.0 Å². The average molecular weight is 573 g/mol. The van der Waals surface area contributed by atoms with E-state index in [0.717, 1.165) is 21.2 Å². The molecule has 1 N–H and O–H groups in total. The molecule has 41 heavy (non-hydrogen) atoms. The van der Waals surface area contributed by atoms with E-state index in [1.165, 1.54) is 18.2 Å². The summed E-state index contributed by atoms with van der Waals surface area (Å²) in [6.45, 7) is 3.63. The number of hydrogen-bond donors (Lipinski definition) is 1. The van der Waals surface area contributed by atoms with Crippen molar-refractivity contribution in [2.24, 2.45) is 0 Å². The Labute approximate surface area is 260 Å². The minimum absolute atomic E-state index is 0. The van der Waals surface area contributed by atoms with Gasteiger partial charge >= 0.3 is 29.6 Å². The van der Waals surface area contributed by atoms with E-state index in [-0.39, 0.29) is 62.9 Å². The molecule has 0 saturated heterocycles. The number of carboxylic acid groups (broad SMARTS) is 1. The Morgan fingerprint density at radius 3 is 1.98 bits per heavy atom. The van der Waals surface area contributed by atoms with Crippen molar-refractivity contribution in [1.82, 2.24) is 8.96 Å². The van der Waals surface area contributed by atoms with Crippen LogP contribution in [0.3, 0.4) is 0 Å². The molecular weight excluding hydrogens is 547 g/mol. The molecule has 0 saturated carbocycles. The maximum Gasteiger partial charge on any atom is 1.00 e. The molecule has 9 heteroatoms. The van der Waals surface area contributed by atoms with E-state index in [0.29, 0.717) is 16.8 Å². The van der Waals surface area contributed by atoms with Gasteiger partial charge in [-0.2, -0.15) is 0 Å². The van der Waals surface area contributed by atoms with E-state index in [1.807, 2.05) is 31.2 Å². The summed E-state index contributed by atoms with van der Waals surface area (Å²) in [5.41, 5.74) is 3.35. The number of benzene rings is 4. The number of aromatic hydroxyl groups is 1. The molecule has 1 aromatic heterocycles. The third-order valence-electron chi connectivity index (χ3n) is 6.44. The molecule has 0 bridgehead atoms. The van der Waals surface area contributed by atoms with Gasteiger partial charge in [0.25, 0.3) is 10.0 Å². The second-order valence-electron chi connectivity index (χ2n) is 9.34. The zero-order valence-electron chi connectivity index (χ0n) is 22.8. The first-order valence-electron chi connectivity index (χ1n) is 12.5. The summed E-state index contributed by atoms with van der Waals surface area (Å²) in [5.74, 6) is -1.98. The summed E-state index contributed by atoms with van der Waals surface area (Å²) in [7, 11) is -4.35. The zero-order chi connectivity index (χ0) is 28.4. The first-order valence-corrected chi connectivity index (χ1v) is 13.9. The third kappa shape index (κ3) is 6.06. The standard InChI is InChI=1S/C32H26N2O5S.Na/c1-21-13-16-25(17-14-21)40(38,39)34-31(24-11-7-4-8-12-24)30(23-9-5-3-6-10-23)33-32(34)27(20-29(36)37)26-19-22(2)15-18-28(26)35;/h3-20,35H,1-2H3,(H,36,37);/q;+1/p-1. The van der Waals surface area contributed by atoms with Gasteiger partial charge in [0.1, 0.15) is 5.75 Å². The van der Waals surface area contributed by atoms with Gasteiger partial charge in [-0.15, -0.1) is 0 Å². The topological polar surface area (TPSA) is 112 Å². The molecule has 0 aliphatic carbocycles. The number of phenolic OH excluding ortho intramolecular Hbond substituents is 1. The summed E-state index contributed by atoms with van der Waals surface area (Å²) in [6, 6.07) is 29.0. The summed E-state index contributed by atoms with van der Waals surface area (Å²) < 4.78 is 30.0. The van der Waals surface area contributed by atoms with Gasteiger partial charge in [-0.25, -0.2) is 17.4 Å². The van der Waals surface area contributed by atoms with Crippen LogP contribution in [0.2, 0.25) is 0 Å². The molecule has 0 spiro atoms. The summed E-state index contributed by atoms with van der Waals surface area (Å²) in [5, 5.41) is 22.8. The monoisotopic (exact) mass is 572 g/mol. The Balaban J connectivity index is 0.00000387. The van der Waals surface area contributed by atoms with Crippen LogP contribution in [0.15, 0.2) is 114 Å². The maximum atomic E-state index is 14.4. The van der Waals surface area contributed by atoms with Crippen LogP contribution in [0.25, 0.3) is 28.1 Å². The maximum absolute atomic E-state index is 14.4. The smallest absolute Gasteiger partial charge is 0.545 e. The molecular formula is C32H25N2NaO5S. The minimum atomic E-state index is -4.35. The van der Waals surface area contributed by atoms with Crippen molar-refractivity contribution in [3.63, 3.8) is 0 Å². The number of aryl methyl sites for hydroxylation is 2. The van der Waals surface area contributed by atoms with E-state index in [2.05, 4.69) is 0 Å². The van der Waals surface area contributed by atoms with Gasteiger partial charge in [0.15, 0.2) is 5.82 Å². The number of aromatic nitrogens is 2. The van der Waals surface area contributed by atoms with Crippen molar-refractivity contribution >= 4 is 21.6 Å². The number of carbonyl (C=O) groups is 1. The number of nitrogens with zero attached hydrogens (tertiary/aromatic N) is 2. The Morgan fingerprint density at radius 1 is 0.829 bits per heavy atom. The van der Waals surface area contributed by atoms with Gasteiger partial charge in [0.2, 0.25) is 0 Å². The van der Waals surface area contributed by atoms with Crippen molar-refractivity contribution in [2.45, 2.75) is 18.7 Å². The van der Waals surface area contributed by atoms with Crippen LogP contribution in [-0.4, -0.2) is 28.5 Å². The SMILES string of the molecule is Cc1ccc(S(=O)(=O)n2c(C(=CC(=O)[O-])c3cc(C)ccc3O)nc(-c3ccccc3)c2-c2ccccc2)cc1.[Na+]. The summed E-state index contributed by atoms with van der Waals surface area (Å²) >= 11 is 0. The Bertz CT molecular complexity index is 1850. The molecule has 200 valence electrons. The van der Waals surface area contributed by atoms with E-state index >= 15 is 0 Å². The summed E-state index contributed by atoms with van der Waals surface area (Å²) in [4.78, 5) is 16.8. The summed E-state index contributed by atoms with van der Waals surface area (Å²) in [6.07, 6.45) is 0.765. The second-order valence-corrected chi connectivity index (χ2v) is 11.1. The largest absolute Gasteiger partial charge is 1.00 e. The molecule has 1 heterocycles. The predicted molar refractivity (Wildman–Crippen MR) is 152 cm³/mol. The predicted octanol–water partition coefficient (Wildman–Crippen LogP) is 1.96. The van der Waals surface area contributed by atoms with Gasteiger partial charge in [0.05, 0.1) is 22.3 Å². The molecule has 0 fully saturated rings. The fraction of sp³-hybridized carbons (Fsp3) is 0.0625.